The van der Waals surface area contributed by atoms with Crippen molar-refractivity contribution in [3.63, 3.8) is 0 Å². The van der Waals surface area contributed by atoms with Crippen molar-refractivity contribution in [1.29, 1.82) is 5.26 Å². The van der Waals surface area contributed by atoms with Gasteiger partial charge in [0, 0.05) is 46.3 Å². The van der Waals surface area contributed by atoms with Gasteiger partial charge in [0.1, 0.15) is 0 Å². The van der Waals surface area contributed by atoms with E-state index in [2.05, 4.69) is 11.0 Å². The van der Waals surface area contributed by atoms with Crippen molar-refractivity contribution in [2.24, 2.45) is 5.92 Å². The summed E-state index contributed by atoms with van der Waals surface area (Å²) in [6.45, 7) is 2.73. The Balaban J connectivity index is 1.80. The highest BCUT2D eigenvalue weighted by atomic mass is 32.2. The number of fused-ring (bicyclic) bond motifs is 4. The van der Waals surface area contributed by atoms with Crippen LogP contribution < -0.4 is 0 Å². The fourth-order valence-corrected chi connectivity index (χ4v) is 4.96. The zero-order valence-corrected chi connectivity index (χ0v) is 15.0. The fourth-order valence-electron chi connectivity index (χ4n) is 3.74. The second-order valence-electron chi connectivity index (χ2n) is 6.90. The van der Waals surface area contributed by atoms with Gasteiger partial charge in [-0.2, -0.15) is 22.3 Å². The molecule has 3 saturated heterocycles. The van der Waals surface area contributed by atoms with E-state index < -0.39 is 10.2 Å². The molecule has 3 fully saturated rings. The quantitative estimate of drug-likeness (QED) is 0.822. The normalized spacial score (nSPS) is 25.6. The van der Waals surface area contributed by atoms with Gasteiger partial charge in [0.05, 0.1) is 11.6 Å². The summed E-state index contributed by atoms with van der Waals surface area (Å²) in [4.78, 5) is 2.36. The number of hydrogen-bond donors (Lipinski definition) is 0. The maximum Gasteiger partial charge on any atom is 0.281 e. The van der Waals surface area contributed by atoms with E-state index in [9.17, 15) is 13.7 Å². The Morgan fingerprint density at radius 1 is 1.21 bits per heavy atom. The third kappa shape index (κ3) is 3.33. The van der Waals surface area contributed by atoms with Crippen molar-refractivity contribution in [2.75, 3.05) is 33.7 Å². The van der Waals surface area contributed by atoms with Crippen molar-refractivity contribution in [1.82, 2.24) is 13.5 Å². The van der Waals surface area contributed by atoms with E-state index >= 15 is 0 Å². The van der Waals surface area contributed by atoms with Crippen molar-refractivity contribution in [3.8, 4) is 6.07 Å². The molecule has 0 unspecified atom stereocenters. The molecular weight excluding hydrogens is 324 g/mol. The average molecular weight is 348 g/mol. The molecule has 0 N–H and O–H groups in total. The highest BCUT2D eigenvalue weighted by Gasteiger charge is 2.39. The van der Waals surface area contributed by atoms with Crippen LogP contribution in [0.5, 0.6) is 0 Å². The zero-order chi connectivity index (χ0) is 17.3. The topological polar surface area (TPSA) is 67.7 Å². The van der Waals surface area contributed by atoms with Crippen LogP contribution in [0.4, 0.5) is 0 Å². The maximum absolute atomic E-state index is 12.5. The van der Waals surface area contributed by atoms with Crippen LogP contribution >= 0.6 is 0 Å². The van der Waals surface area contributed by atoms with Crippen LogP contribution in [0.25, 0.3) is 0 Å². The van der Waals surface area contributed by atoms with E-state index in [1.54, 1.807) is 18.4 Å². The molecule has 0 radical (unpaired) electrons. The number of benzene rings is 1. The monoisotopic (exact) mass is 348 g/mol. The van der Waals surface area contributed by atoms with E-state index in [1.165, 1.54) is 4.31 Å². The second-order valence-corrected chi connectivity index (χ2v) is 9.05. The molecule has 24 heavy (non-hydrogen) atoms. The van der Waals surface area contributed by atoms with E-state index in [1.807, 2.05) is 24.3 Å². The lowest BCUT2D eigenvalue weighted by Crippen LogP contribution is -2.45. The van der Waals surface area contributed by atoms with Crippen LogP contribution in [0.2, 0.25) is 0 Å². The SMILES string of the molecule is CN(C)S(=O)(=O)N1C[C@@H]2CC[C@H](C1)N(Cc1ccccc1C#N)C2. The molecule has 1 aromatic rings. The number of hydrogen-bond acceptors (Lipinski definition) is 4. The summed E-state index contributed by atoms with van der Waals surface area (Å²) in [6, 6.07) is 10.1. The van der Waals surface area contributed by atoms with Gasteiger partial charge in [-0.3, -0.25) is 4.90 Å². The van der Waals surface area contributed by atoms with Crippen LogP contribution in [0.3, 0.4) is 0 Å². The van der Waals surface area contributed by atoms with E-state index in [4.69, 9.17) is 0 Å². The number of piperidine rings is 1. The summed E-state index contributed by atoms with van der Waals surface area (Å²) in [5, 5.41) is 9.28. The van der Waals surface area contributed by atoms with Gasteiger partial charge >= 0.3 is 0 Å². The Bertz CT molecular complexity index is 741. The first-order valence-corrected chi connectivity index (χ1v) is 9.71. The summed E-state index contributed by atoms with van der Waals surface area (Å²) in [7, 11) is -0.198. The third-order valence-corrected chi connectivity index (χ3v) is 6.97. The Morgan fingerprint density at radius 2 is 1.96 bits per heavy atom. The predicted molar refractivity (Wildman–Crippen MR) is 92.3 cm³/mol. The highest BCUT2D eigenvalue weighted by molar-refractivity contribution is 7.86. The molecule has 3 aliphatic rings. The number of nitriles is 1. The summed E-state index contributed by atoms with van der Waals surface area (Å²) >= 11 is 0. The van der Waals surface area contributed by atoms with Crippen LogP contribution in [0.1, 0.15) is 24.0 Å². The van der Waals surface area contributed by atoms with Crippen molar-refractivity contribution in [2.45, 2.75) is 25.4 Å². The van der Waals surface area contributed by atoms with Gasteiger partial charge < -0.3 is 0 Å². The number of rotatable bonds is 4. The zero-order valence-electron chi connectivity index (χ0n) is 14.2. The number of nitrogens with zero attached hydrogens (tertiary/aromatic N) is 4. The first-order valence-electron chi connectivity index (χ1n) is 8.31. The van der Waals surface area contributed by atoms with E-state index in [0.29, 0.717) is 31.1 Å². The van der Waals surface area contributed by atoms with Gasteiger partial charge in [-0.15, -0.1) is 0 Å². The molecule has 0 aromatic heterocycles. The molecule has 0 spiro atoms. The van der Waals surface area contributed by atoms with Gasteiger partial charge in [0.25, 0.3) is 10.2 Å². The van der Waals surface area contributed by atoms with Crippen LogP contribution in [-0.2, 0) is 16.8 Å². The van der Waals surface area contributed by atoms with E-state index in [-0.39, 0.29) is 6.04 Å². The van der Waals surface area contributed by atoms with Crippen molar-refractivity contribution >= 4 is 10.2 Å². The molecule has 2 atom stereocenters. The lowest BCUT2D eigenvalue weighted by Gasteiger charge is -2.36. The summed E-state index contributed by atoms with van der Waals surface area (Å²) < 4.78 is 28.0. The molecule has 1 aromatic carbocycles. The fraction of sp³-hybridized carbons (Fsp3) is 0.588. The second kappa shape index (κ2) is 6.81. The van der Waals surface area contributed by atoms with Gasteiger partial charge in [0.2, 0.25) is 0 Å². The maximum atomic E-state index is 12.5. The average Bonchev–Trinajstić information content (AvgIpc) is 2.87. The van der Waals surface area contributed by atoms with Crippen molar-refractivity contribution in [3.05, 3.63) is 35.4 Å². The lowest BCUT2D eigenvalue weighted by atomic mass is 9.94. The van der Waals surface area contributed by atoms with Gasteiger partial charge in [-0.05, 0) is 30.4 Å². The lowest BCUT2D eigenvalue weighted by molar-refractivity contribution is 0.125. The first-order chi connectivity index (χ1) is 11.4. The minimum Gasteiger partial charge on any atom is -0.294 e. The Labute approximate surface area is 144 Å². The molecule has 130 valence electrons. The molecule has 3 aliphatic heterocycles. The van der Waals surface area contributed by atoms with Gasteiger partial charge in [0.15, 0.2) is 0 Å². The molecule has 3 heterocycles. The summed E-state index contributed by atoms with van der Waals surface area (Å²) in [5.41, 5.74) is 1.73. The van der Waals surface area contributed by atoms with Crippen LogP contribution in [0.15, 0.2) is 24.3 Å². The summed E-state index contributed by atoms with van der Waals surface area (Å²) in [6.07, 6.45) is 2.08. The Kier molecular flexibility index (Phi) is 4.92. The standard InChI is InChI=1S/C17H24N4O2S/c1-19(2)24(22,23)21-11-14-7-8-17(13-21)20(10-14)12-16-6-4-3-5-15(16)9-18/h3-6,14,17H,7-8,10-13H2,1-2H3/t14-,17-/m1/s1. The minimum absolute atomic E-state index is 0.213. The van der Waals surface area contributed by atoms with Crippen LogP contribution in [-0.4, -0.2) is 61.7 Å². The molecule has 0 saturated carbocycles. The largest absolute Gasteiger partial charge is 0.294 e. The highest BCUT2D eigenvalue weighted by Crippen LogP contribution is 2.31. The molecule has 7 heteroatoms. The summed E-state index contributed by atoms with van der Waals surface area (Å²) in [5.74, 6) is 0.354. The smallest absolute Gasteiger partial charge is 0.281 e. The molecular formula is C17H24N4O2S. The Hall–Kier alpha value is -1.46. The van der Waals surface area contributed by atoms with E-state index in [0.717, 1.165) is 24.9 Å². The molecule has 4 rings (SSSR count). The molecule has 2 bridgehead atoms. The minimum atomic E-state index is -3.37. The third-order valence-electron chi connectivity index (χ3n) is 5.09. The van der Waals surface area contributed by atoms with Crippen molar-refractivity contribution < 1.29 is 8.42 Å². The molecule has 6 nitrogen and oxygen atoms in total. The molecule has 0 aliphatic carbocycles. The van der Waals surface area contributed by atoms with Crippen LogP contribution in [0, 0.1) is 17.2 Å². The van der Waals surface area contributed by atoms with Gasteiger partial charge in [-0.25, -0.2) is 0 Å². The first kappa shape index (κ1) is 17.4. The molecule has 0 amide bonds. The predicted octanol–water partition coefficient (Wildman–Crippen LogP) is 1.26. The van der Waals surface area contributed by atoms with Gasteiger partial charge in [-0.1, -0.05) is 18.2 Å². The Morgan fingerprint density at radius 3 is 2.67 bits per heavy atom.